The van der Waals surface area contributed by atoms with Crippen LogP contribution in [0.3, 0.4) is 0 Å². The van der Waals surface area contributed by atoms with Crippen LogP contribution in [-0.4, -0.2) is 61.8 Å². The highest BCUT2D eigenvalue weighted by molar-refractivity contribution is 5.89. The Balaban J connectivity index is 1.85. The van der Waals surface area contributed by atoms with Crippen molar-refractivity contribution in [2.45, 2.75) is 6.92 Å². The molecule has 1 aromatic carbocycles. The van der Waals surface area contributed by atoms with Crippen molar-refractivity contribution < 1.29 is 19.1 Å². The molecule has 0 saturated carbocycles. The highest BCUT2D eigenvalue weighted by atomic mass is 16.6. The molecule has 0 unspecified atom stereocenters. The molecular weight excluding hydrogens is 286 g/mol. The number of nitrogens with one attached hydrogen (secondary N) is 1. The second-order valence-electron chi connectivity index (χ2n) is 4.84. The topological polar surface area (TPSA) is 71.1 Å². The van der Waals surface area contributed by atoms with Crippen molar-refractivity contribution in [3.63, 3.8) is 0 Å². The van der Waals surface area contributed by atoms with Gasteiger partial charge >= 0.3 is 12.1 Å². The van der Waals surface area contributed by atoms with Crippen LogP contribution in [0.1, 0.15) is 6.92 Å². The van der Waals surface area contributed by atoms with Gasteiger partial charge < -0.3 is 24.6 Å². The first kappa shape index (κ1) is 15.9. The zero-order chi connectivity index (χ0) is 15.9. The number of rotatable bonds is 3. The number of hydrogen-bond acceptors (Lipinski definition) is 4. The Morgan fingerprint density at radius 2 is 1.86 bits per heavy atom. The minimum atomic E-state index is -0.324. The molecule has 7 nitrogen and oxygen atoms in total. The van der Waals surface area contributed by atoms with E-state index in [2.05, 4.69) is 5.32 Å². The van der Waals surface area contributed by atoms with Gasteiger partial charge in [-0.15, -0.1) is 0 Å². The fourth-order valence-corrected chi connectivity index (χ4v) is 2.21. The molecule has 0 radical (unpaired) electrons. The lowest BCUT2D eigenvalue weighted by Gasteiger charge is -2.34. The summed E-state index contributed by atoms with van der Waals surface area (Å²) in [6.07, 6.45) is -0.324. The molecule has 0 aliphatic carbocycles. The molecular formula is C15H21N3O4. The second kappa shape index (κ2) is 7.53. The molecule has 0 aromatic heterocycles. The molecule has 2 rings (SSSR count). The SMILES string of the molecule is CCOC(=O)N1CCN(C(=O)Nc2cccc(OC)c2)CC1. The largest absolute Gasteiger partial charge is 0.497 e. The highest BCUT2D eigenvalue weighted by Crippen LogP contribution is 2.17. The number of amides is 3. The van der Waals surface area contributed by atoms with Crippen molar-refractivity contribution in [2.24, 2.45) is 0 Å². The summed E-state index contributed by atoms with van der Waals surface area (Å²) in [5.41, 5.74) is 0.678. The van der Waals surface area contributed by atoms with E-state index in [1.165, 1.54) is 0 Å². The molecule has 7 heteroatoms. The van der Waals surface area contributed by atoms with Crippen molar-refractivity contribution in [1.29, 1.82) is 0 Å². The highest BCUT2D eigenvalue weighted by Gasteiger charge is 2.24. The Hall–Kier alpha value is -2.44. The smallest absolute Gasteiger partial charge is 0.409 e. The van der Waals surface area contributed by atoms with Gasteiger partial charge in [0.15, 0.2) is 0 Å². The first-order valence-electron chi connectivity index (χ1n) is 7.25. The summed E-state index contributed by atoms with van der Waals surface area (Å²) >= 11 is 0. The van der Waals surface area contributed by atoms with Crippen molar-refractivity contribution >= 4 is 17.8 Å². The molecule has 1 aliphatic rings. The monoisotopic (exact) mass is 307 g/mol. The maximum Gasteiger partial charge on any atom is 0.409 e. The van der Waals surface area contributed by atoms with Gasteiger partial charge in [0, 0.05) is 37.9 Å². The van der Waals surface area contributed by atoms with E-state index >= 15 is 0 Å². The van der Waals surface area contributed by atoms with Crippen molar-refractivity contribution in [3.8, 4) is 5.75 Å². The first-order chi connectivity index (χ1) is 10.6. The molecule has 1 saturated heterocycles. The van der Waals surface area contributed by atoms with Gasteiger partial charge in [-0.25, -0.2) is 9.59 Å². The van der Waals surface area contributed by atoms with Gasteiger partial charge in [0.05, 0.1) is 13.7 Å². The fraction of sp³-hybridized carbons (Fsp3) is 0.467. The van der Waals surface area contributed by atoms with Crippen molar-refractivity contribution in [2.75, 3.05) is 45.2 Å². The third-order valence-electron chi connectivity index (χ3n) is 3.41. The summed E-state index contributed by atoms with van der Waals surface area (Å²) in [7, 11) is 1.58. The summed E-state index contributed by atoms with van der Waals surface area (Å²) in [5.74, 6) is 0.685. The lowest BCUT2D eigenvalue weighted by atomic mass is 10.3. The quantitative estimate of drug-likeness (QED) is 0.927. The molecule has 120 valence electrons. The maximum atomic E-state index is 12.2. The van der Waals surface area contributed by atoms with Gasteiger partial charge in [-0.05, 0) is 19.1 Å². The Morgan fingerprint density at radius 3 is 2.50 bits per heavy atom. The summed E-state index contributed by atoms with van der Waals surface area (Å²) < 4.78 is 10.1. The van der Waals surface area contributed by atoms with E-state index in [1.807, 2.05) is 12.1 Å². The average molecular weight is 307 g/mol. The van der Waals surface area contributed by atoms with Crippen LogP contribution in [0.2, 0.25) is 0 Å². The number of carbonyl (C=O) groups is 2. The van der Waals surface area contributed by atoms with E-state index in [9.17, 15) is 9.59 Å². The third kappa shape index (κ3) is 4.03. The molecule has 22 heavy (non-hydrogen) atoms. The Morgan fingerprint density at radius 1 is 1.18 bits per heavy atom. The summed E-state index contributed by atoms with van der Waals surface area (Å²) in [6, 6.07) is 7.00. The fourth-order valence-electron chi connectivity index (χ4n) is 2.21. The van der Waals surface area contributed by atoms with Crippen molar-refractivity contribution in [1.82, 2.24) is 9.80 Å². The van der Waals surface area contributed by atoms with E-state index in [-0.39, 0.29) is 12.1 Å². The van der Waals surface area contributed by atoms with Crippen LogP contribution < -0.4 is 10.1 Å². The second-order valence-corrected chi connectivity index (χ2v) is 4.84. The molecule has 1 N–H and O–H groups in total. The zero-order valence-corrected chi connectivity index (χ0v) is 12.9. The molecule has 0 spiro atoms. The molecule has 3 amide bonds. The van der Waals surface area contributed by atoms with Gasteiger partial charge in [0.2, 0.25) is 0 Å². The first-order valence-corrected chi connectivity index (χ1v) is 7.25. The van der Waals surface area contributed by atoms with E-state index in [4.69, 9.17) is 9.47 Å². The van der Waals surface area contributed by atoms with E-state index in [1.54, 1.807) is 36.0 Å². The van der Waals surface area contributed by atoms with Crippen LogP contribution in [0.4, 0.5) is 15.3 Å². The van der Waals surface area contributed by atoms with Crippen LogP contribution in [0.5, 0.6) is 5.75 Å². The Kier molecular flexibility index (Phi) is 5.46. The predicted octanol–water partition coefficient (Wildman–Crippen LogP) is 2.00. The Labute approximate surface area is 129 Å². The molecule has 0 bridgehead atoms. The van der Waals surface area contributed by atoms with Gasteiger partial charge in [0.1, 0.15) is 5.75 Å². The van der Waals surface area contributed by atoms with Gasteiger partial charge in [0.25, 0.3) is 0 Å². The number of urea groups is 1. The predicted molar refractivity (Wildman–Crippen MR) is 82.2 cm³/mol. The Bertz CT molecular complexity index is 527. The number of methoxy groups -OCH3 is 1. The summed E-state index contributed by atoms with van der Waals surface area (Å²) in [6.45, 7) is 4.04. The minimum absolute atomic E-state index is 0.184. The number of hydrogen-bond donors (Lipinski definition) is 1. The minimum Gasteiger partial charge on any atom is -0.497 e. The lowest BCUT2D eigenvalue weighted by molar-refractivity contribution is 0.0868. The third-order valence-corrected chi connectivity index (χ3v) is 3.41. The molecule has 0 atom stereocenters. The molecule has 1 fully saturated rings. The summed E-state index contributed by atoms with van der Waals surface area (Å²) in [4.78, 5) is 27.1. The number of anilines is 1. The number of nitrogens with zero attached hydrogens (tertiary/aromatic N) is 2. The van der Waals surface area contributed by atoms with Crippen molar-refractivity contribution in [3.05, 3.63) is 24.3 Å². The van der Waals surface area contributed by atoms with Crippen LogP contribution in [-0.2, 0) is 4.74 Å². The average Bonchev–Trinajstić information content (AvgIpc) is 2.55. The van der Waals surface area contributed by atoms with Crippen LogP contribution in [0.15, 0.2) is 24.3 Å². The molecule has 1 heterocycles. The van der Waals surface area contributed by atoms with E-state index in [0.717, 1.165) is 0 Å². The molecule has 1 aliphatic heterocycles. The number of carbonyl (C=O) groups excluding carboxylic acids is 2. The van der Waals surface area contributed by atoms with Crippen LogP contribution in [0.25, 0.3) is 0 Å². The normalized spacial score (nSPS) is 14.5. The van der Waals surface area contributed by atoms with Crippen LogP contribution >= 0.6 is 0 Å². The zero-order valence-electron chi connectivity index (χ0n) is 12.9. The number of benzene rings is 1. The maximum absolute atomic E-state index is 12.2. The van der Waals surface area contributed by atoms with E-state index < -0.39 is 0 Å². The van der Waals surface area contributed by atoms with E-state index in [0.29, 0.717) is 44.2 Å². The molecule has 1 aromatic rings. The summed E-state index contributed by atoms with van der Waals surface area (Å²) in [5, 5.41) is 2.83. The lowest BCUT2D eigenvalue weighted by Crippen LogP contribution is -2.51. The number of piperazine rings is 1. The number of ether oxygens (including phenoxy) is 2. The van der Waals surface area contributed by atoms with Crippen LogP contribution in [0, 0.1) is 0 Å². The van der Waals surface area contributed by atoms with Gasteiger partial charge in [-0.3, -0.25) is 0 Å². The van der Waals surface area contributed by atoms with Gasteiger partial charge in [-0.2, -0.15) is 0 Å². The van der Waals surface area contributed by atoms with Gasteiger partial charge in [-0.1, -0.05) is 6.07 Å². The standard InChI is InChI=1S/C15H21N3O4/c1-3-22-15(20)18-9-7-17(8-10-18)14(19)16-12-5-4-6-13(11-12)21-2/h4-6,11H,3,7-10H2,1-2H3,(H,16,19).